The van der Waals surface area contributed by atoms with Crippen LogP contribution in [-0.2, 0) is 4.79 Å². The Kier molecular flexibility index (Phi) is 3.84. The maximum atomic E-state index is 12.9. The Hall–Kier alpha value is -3.74. The first kappa shape index (κ1) is 16.7. The van der Waals surface area contributed by atoms with Crippen molar-refractivity contribution in [3.63, 3.8) is 0 Å². The molecule has 0 fully saturated rings. The molecule has 27 heavy (non-hydrogen) atoms. The minimum absolute atomic E-state index is 0.148. The van der Waals surface area contributed by atoms with Crippen molar-refractivity contribution in [3.8, 4) is 0 Å². The van der Waals surface area contributed by atoms with Gasteiger partial charge in [0, 0.05) is 19.2 Å². The van der Waals surface area contributed by atoms with E-state index >= 15 is 0 Å². The molecular formula is C20H15N3O4. The lowest BCUT2D eigenvalue weighted by atomic mass is 10.0. The van der Waals surface area contributed by atoms with E-state index < -0.39 is 16.9 Å². The second kappa shape index (κ2) is 6.21. The lowest BCUT2D eigenvalue weighted by molar-refractivity contribution is -0.384. The monoisotopic (exact) mass is 361 g/mol. The molecule has 0 aliphatic carbocycles. The highest BCUT2D eigenvalue weighted by molar-refractivity contribution is 6.10. The number of anilines is 1. The maximum absolute atomic E-state index is 12.9. The summed E-state index contributed by atoms with van der Waals surface area (Å²) in [5, 5.41) is 15.7. The largest absolute Gasteiger partial charge is 0.325 e. The molecule has 1 atom stereocenters. The van der Waals surface area contributed by atoms with E-state index in [1.165, 1.54) is 23.1 Å². The van der Waals surface area contributed by atoms with Crippen LogP contribution in [0.3, 0.4) is 0 Å². The van der Waals surface area contributed by atoms with Crippen LogP contribution >= 0.6 is 0 Å². The third-order valence-electron chi connectivity index (χ3n) is 4.75. The van der Waals surface area contributed by atoms with Crippen molar-refractivity contribution in [2.24, 2.45) is 0 Å². The van der Waals surface area contributed by atoms with Gasteiger partial charge in [-0.2, -0.15) is 0 Å². The molecule has 0 aromatic heterocycles. The van der Waals surface area contributed by atoms with Crippen molar-refractivity contribution < 1.29 is 14.5 Å². The highest BCUT2D eigenvalue weighted by Crippen LogP contribution is 2.33. The number of nitro groups is 1. The molecule has 4 rings (SSSR count). The van der Waals surface area contributed by atoms with E-state index in [2.05, 4.69) is 5.32 Å². The normalized spacial score (nSPS) is 16.6. The molecule has 1 unspecified atom stereocenters. The second-order valence-electron chi connectivity index (χ2n) is 6.40. The van der Waals surface area contributed by atoms with E-state index in [-0.39, 0.29) is 22.8 Å². The summed E-state index contributed by atoms with van der Waals surface area (Å²) in [6.07, 6.45) is 0. The van der Waals surface area contributed by atoms with E-state index in [0.29, 0.717) is 5.56 Å². The van der Waals surface area contributed by atoms with Crippen LogP contribution in [0, 0.1) is 10.1 Å². The molecular weight excluding hydrogens is 346 g/mol. The molecule has 3 aromatic carbocycles. The Morgan fingerprint density at radius 2 is 1.74 bits per heavy atom. The summed E-state index contributed by atoms with van der Waals surface area (Å²) in [5.41, 5.74) is 0.854. The molecule has 1 aliphatic rings. The summed E-state index contributed by atoms with van der Waals surface area (Å²) in [6, 6.07) is 16.3. The summed E-state index contributed by atoms with van der Waals surface area (Å²) in [6.45, 7) is 0. The van der Waals surface area contributed by atoms with Gasteiger partial charge in [0.15, 0.2) is 0 Å². The first-order chi connectivity index (χ1) is 13.0. The number of carbonyl (C=O) groups excluding carboxylic acids is 2. The van der Waals surface area contributed by atoms with Crippen molar-refractivity contribution in [2.75, 3.05) is 12.4 Å². The Bertz CT molecular complexity index is 1110. The van der Waals surface area contributed by atoms with Crippen LogP contribution in [0.15, 0.2) is 60.7 Å². The number of hydrogen-bond donors (Lipinski definition) is 1. The van der Waals surface area contributed by atoms with Gasteiger partial charge in [0.2, 0.25) is 0 Å². The number of likely N-dealkylation sites (N-methyl/N-ethyl adjacent to an activating group) is 1. The van der Waals surface area contributed by atoms with Gasteiger partial charge < -0.3 is 10.2 Å². The number of nitro benzene ring substituents is 1. The van der Waals surface area contributed by atoms with Gasteiger partial charge in [0.05, 0.1) is 16.2 Å². The Morgan fingerprint density at radius 1 is 1.00 bits per heavy atom. The van der Waals surface area contributed by atoms with Gasteiger partial charge in [0.1, 0.15) is 6.04 Å². The minimum Gasteiger partial charge on any atom is -0.325 e. The van der Waals surface area contributed by atoms with Gasteiger partial charge in [0.25, 0.3) is 17.5 Å². The SMILES string of the molecule is CN1C(=O)c2ccc([N+](=O)[O-])cc2NC(=O)C1c1ccc2ccccc2c1. The number of non-ortho nitro benzene ring substituents is 1. The van der Waals surface area contributed by atoms with E-state index in [4.69, 9.17) is 0 Å². The average molecular weight is 361 g/mol. The zero-order valence-electron chi connectivity index (χ0n) is 14.4. The number of nitrogens with one attached hydrogen (secondary N) is 1. The summed E-state index contributed by atoms with van der Waals surface area (Å²) >= 11 is 0. The molecule has 1 N–H and O–H groups in total. The molecule has 7 nitrogen and oxygen atoms in total. The predicted molar refractivity (Wildman–Crippen MR) is 101 cm³/mol. The van der Waals surface area contributed by atoms with Gasteiger partial charge in [-0.15, -0.1) is 0 Å². The number of hydrogen-bond acceptors (Lipinski definition) is 4. The van der Waals surface area contributed by atoms with E-state index in [0.717, 1.165) is 10.8 Å². The molecule has 0 bridgehead atoms. The summed E-state index contributed by atoms with van der Waals surface area (Å²) < 4.78 is 0. The smallest absolute Gasteiger partial charge is 0.271 e. The molecule has 1 aliphatic heterocycles. The van der Waals surface area contributed by atoms with Crippen LogP contribution < -0.4 is 5.32 Å². The topological polar surface area (TPSA) is 92.6 Å². The Morgan fingerprint density at radius 3 is 2.48 bits per heavy atom. The minimum atomic E-state index is -0.839. The van der Waals surface area contributed by atoms with Crippen LogP contribution in [0.4, 0.5) is 11.4 Å². The van der Waals surface area contributed by atoms with Crippen molar-refractivity contribution in [3.05, 3.63) is 81.9 Å². The summed E-state index contributed by atoms with van der Waals surface area (Å²) in [5.74, 6) is -0.795. The number of rotatable bonds is 2. The van der Waals surface area contributed by atoms with Crippen LogP contribution in [0.1, 0.15) is 22.0 Å². The molecule has 0 spiro atoms. The van der Waals surface area contributed by atoms with Crippen LogP contribution in [-0.4, -0.2) is 28.7 Å². The molecule has 0 radical (unpaired) electrons. The standard InChI is InChI=1S/C20H15N3O4/c1-22-18(14-7-6-12-4-2-3-5-13(12)10-14)19(24)21-17-11-15(23(26)27)8-9-16(17)20(22)25/h2-11,18H,1H3,(H,21,24). The van der Waals surface area contributed by atoms with Crippen molar-refractivity contribution in [1.29, 1.82) is 0 Å². The van der Waals surface area contributed by atoms with Crippen LogP contribution in [0.25, 0.3) is 10.8 Å². The average Bonchev–Trinajstić information content (AvgIpc) is 2.75. The van der Waals surface area contributed by atoms with E-state index in [1.54, 1.807) is 7.05 Å². The number of fused-ring (bicyclic) bond motifs is 2. The number of benzene rings is 3. The number of carbonyl (C=O) groups is 2. The molecule has 7 heteroatoms. The zero-order chi connectivity index (χ0) is 19.1. The van der Waals surface area contributed by atoms with Gasteiger partial charge in [-0.1, -0.05) is 36.4 Å². The van der Waals surface area contributed by atoms with Crippen molar-refractivity contribution in [2.45, 2.75) is 6.04 Å². The fraction of sp³-hybridized carbons (Fsp3) is 0.100. The first-order valence-corrected chi connectivity index (χ1v) is 8.31. The van der Waals surface area contributed by atoms with Crippen molar-refractivity contribution >= 4 is 34.0 Å². The zero-order valence-corrected chi connectivity index (χ0v) is 14.4. The fourth-order valence-corrected chi connectivity index (χ4v) is 3.37. The van der Waals surface area contributed by atoms with Gasteiger partial charge >= 0.3 is 0 Å². The third-order valence-corrected chi connectivity index (χ3v) is 4.75. The van der Waals surface area contributed by atoms with Crippen LogP contribution in [0.2, 0.25) is 0 Å². The first-order valence-electron chi connectivity index (χ1n) is 8.31. The summed E-state index contributed by atoms with van der Waals surface area (Å²) in [7, 11) is 1.55. The molecule has 0 saturated carbocycles. The molecule has 1 heterocycles. The quantitative estimate of drug-likeness (QED) is 0.558. The van der Waals surface area contributed by atoms with Crippen molar-refractivity contribution in [1.82, 2.24) is 4.90 Å². The maximum Gasteiger partial charge on any atom is 0.271 e. The van der Waals surface area contributed by atoms with E-state index in [9.17, 15) is 19.7 Å². The highest BCUT2D eigenvalue weighted by Gasteiger charge is 2.34. The fourth-order valence-electron chi connectivity index (χ4n) is 3.37. The molecule has 3 aromatic rings. The van der Waals surface area contributed by atoms with E-state index in [1.807, 2.05) is 42.5 Å². The molecule has 134 valence electrons. The number of nitrogens with zero attached hydrogens (tertiary/aromatic N) is 2. The van der Waals surface area contributed by atoms with Gasteiger partial charge in [-0.05, 0) is 28.5 Å². The van der Waals surface area contributed by atoms with Gasteiger partial charge in [-0.25, -0.2) is 0 Å². The lowest BCUT2D eigenvalue weighted by Crippen LogP contribution is -2.35. The number of amides is 2. The molecule has 0 saturated heterocycles. The Labute approximate surface area is 154 Å². The summed E-state index contributed by atoms with van der Waals surface area (Å²) in [4.78, 5) is 37.6. The highest BCUT2D eigenvalue weighted by atomic mass is 16.6. The molecule has 2 amide bonds. The lowest BCUT2D eigenvalue weighted by Gasteiger charge is -2.25. The Balaban J connectivity index is 1.80. The van der Waals surface area contributed by atoms with Crippen LogP contribution in [0.5, 0.6) is 0 Å². The third kappa shape index (κ3) is 2.79. The van der Waals surface area contributed by atoms with Gasteiger partial charge in [-0.3, -0.25) is 19.7 Å². The predicted octanol–water partition coefficient (Wildman–Crippen LogP) is 3.51. The second-order valence-corrected chi connectivity index (χ2v) is 6.40.